The van der Waals surface area contributed by atoms with E-state index in [0.29, 0.717) is 25.6 Å². The number of carbonyl (C=O) groups excluding carboxylic acids is 2. The quantitative estimate of drug-likeness (QED) is 0.613. The highest BCUT2D eigenvalue weighted by Crippen LogP contribution is 2.27. The van der Waals surface area contributed by atoms with Crippen LogP contribution in [0, 0.1) is 5.92 Å². The van der Waals surface area contributed by atoms with E-state index < -0.39 is 5.91 Å². The summed E-state index contributed by atoms with van der Waals surface area (Å²) < 4.78 is 0. The molecule has 1 aliphatic carbocycles. The average molecular weight is 225 g/mol. The topological polar surface area (TPSA) is 61.4 Å². The number of amides is 2. The van der Waals surface area contributed by atoms with E-state index in [1.807, 2.05) is 0 Å². The summed E-state index contributed by atoms with van der Waals surface area (Å²) in [6, 6.07) is 0. The highest BCUT2D eigenvalue weighted by molar-refractivity contribution is 6.35. The maximum absolute atomic E-state index is 11.8. The van der Waals surface area contributed by atoms with Crippen molar-refractivity contribution in [1.29, 1.82) is 0 Å². The lowest BCUT2D eigenvalue weighted by Crippen LogP contribution is -2.44. The minimum absolute atomic E-state index is 0.371. The van der Waals surface area contributed by atoms with Crippen molar-refractivity contribution in [3.05, 3.63) is 0 Å². The van der Waals surface area contributed by atoms with Gasteiger partial charge in [0.1, 0.15) is 0 Å². The number of hydrogen-bond donors (Lipinski definition) is 2. The van der Waals surface area contributed by atoms with E-state index in [-0.39, 0.29) is 5.91 Å². The maximum Gasteiger partial charge on any atom is 0.311 e. The van der Waals surface area contributed by atoms with Crippen LogP contribution in [0.4, 0.5) is 0 Å². The molecule has 1 saturated heterocycles. The molecule has 0 aromatic rings. The molecule has 2 fully saturated rings. The first kappa shape index (κ1) is 11.4. The lowest BCUT2D eigenvalue weighted by Gasteiger charge is -2.18. The fourth-order valence-electron chi connectivity index (χ4n) is 1.83. The Hall–Kier alpha value is -1.10. The van der Waals surface area contributed by atoms with Gasteiger partial charge in [0.25, 0.3) is 0 Å². The highest BCUT2D eigenvalue weighted by Gasteiger charge is 2.26. The van der Waals surface area contributed by atoms with Gasteiger partial charge in [-0.15, -0.1) is 0 Å². The molecule has 16 heavy (non-hydrogen) atoms. The second-order valence-electron chi connectivity index (χ2n) is 4.55. The summed E-state index contributed by atoms with van der Waals surface area (Å²) in [5, 5.41) is 5.92. The van der Waals surface area contributed by atoms with Crippen molar-refractivity contribution in [3.8, 4) is 0 Å². The molecule has 0 unspecified atom stereocenters. The van der Waals surface area contributed by atoms with Crippen molar-refractivity contribution in [2.24, 2.45) is 5.92 Å². The van der Waals surface area contributed by atoms with Gasteiger partial charge in [-0.3, -0.25) is 9.59 Å². The molecule has 5 heteroatoms. The zero-order chi connectivity index (χ0) is 11.4. The van der Waals surface area contributed by atoms with Gasteiger partial charge in [0.15, 0.2) is 0 Å². The van der Waals surface area contributed by atoms with Crippen LogP contribution in [0.5, 0.6) is 0 Å². The molecule has 1 heterocycles. The van der Waals surface area contributed by atoms with Crippen LogP contribution >= 0.6 is 0 Å². The van der Waals surface area contributed by atoms with Gasteiger partial charge in [-0.25, -0.2) is 0 Å². The van der Waals surface area contributed by atoms with Gasteiger partial charge in [-0.2, -0.15) is 0 Å². The Morgan fingerprint density at radius 1 is 1.25 bits per heavy atom. The Balaban J connectivity index is 1.76. The van der Waals surface area contributed by atoms with Gasteiger partial charge >= 0.3 is 11.8 Å². The lowest BCUT2D eigenvalue weighted by atomic mass is 10.3. The van der Waals surface area contributed by atoms with Crippen LogP contribution in [-0.4, -0.2) is 49.4 Å². The van der Waals surface area contributed by atoms with Crippen LogP contribution in [0.2, 0.25) is 0 Å². The predicted molar refractivity (Wildman–Crippen MR) is 59.8 cm³/mol. The zero-order valence-corrected chi connectivity index (χ0v) is 9.50. The van der Waals surface area contributed by atoms with Crippen LogP contribution in [-0.2, 0) is 9.59 Å². The SMILES string of the molecule is O=C(NCC1CC1)C(=O)N1CCCNCC1. The third-order valence-corrected chi connectivity index (χ3v) is 3.07. The Morgan fingerprint density at radius 2 is 2.06 bits per heavy atom. The summed E-state index contributed by atoms with van der Waals surface area (Å²) in [6.07, 6.45) is 3.28. The molecule has 0 aromatic heterocycles. The molecule has 2 N–H and O–H groups in total. The molecule has 2 aliphatic rings. The molecular formula is C11H19N3O2. The first-order valence-electron chi connectivity index (χ1n) is 6.05. The number of nitrogens with one attached hydrogen (secondary N) is 2. The van der Waals surface area contributed by atoms with Gasteiger partial charge in [-0.1, -0.05) is 0 Å². The molecule has 5 nitrogen and oxygen atoms in total. The van der Waals surface area contributed by atoms with Gasteiger partial charge in [0, 0.05) is 26.2 Å². The Kier molecular flexibility index (Phi) is 3.77. The van der Waals surface area contributed by atoms with Crippen LogP contribution in [0.15, 0.2) is 0 Å². The molecule has 0 aromatic carbocycles. The van der Waals surface area contributed by atoms with Crippen molar-refractivity contribution in [2.75, 3.05) is 32.7 Å². The van der Waals surface area contributed by atoms with Crippen molar-refractivity contribution >= 4 is 11.8 Å². The van der Waals surface area contributed by atoms with E-state index in [1.165, 1.54) is 12.8 Å². The second kappa shape index (κ2) is 5.30. The summed E-state index contributed by atoms with van der Waals surface area (Å²) >= 11 is 0. The van der Waals surface area contributed by atoms with E-state index in [9.17, 15) is 9.59 Å². The number of hydrogen-bond acceptors (Lipinski definition) is 3. The first-order chi connectivity index (χ1) is 7.77. The normalized spacial score (nSPS) is 21.4. The maximum atomic E-state index is 11.8. The number of carbonyl (C=O) groups is 2. The minimum atomic E-state index is -0.436. The molecule has 0 radical (unpaired) electrons. The summed E-state index contributed by atoms with van der Waals surface area (Å²) in [4.78, 5) is 25.0. The predicted octanol–water partition coefficient (Wildman–Crippen LogP) is -0.665. The van der Waals surface area contributed by atoms with Crippen LogP contribution < -0.4 is 10.6 Å². The molecule has 0 bridgehead atoms. The van der Waals surface area contributed by atoms with Crippen molar-refractivity contribution in [1.82, 2.24) is 15.5 Å². The summed E-state index contributed by atoms with van der Waals surface area (Å²) in [5.74, 6) is -0.194. The molecule has 2 amide bonds. The van der Waals surface area contributed by atoms with E-state index in [0.717, 1.165) is 19.5 Å². The standard InChI is InChI=1S/C11H19N3O2/c15-10(13-8-9-2-3-9)11(16)14-6-1-4-12-5-7-14/h9,12H,1-8H2,(H,13,15). The van der Waals surface area contributed by atoms with Crippen LogP contribution in [0.1, 0.15) is 19.3 Å². The van der Waals surface area contributed by atoms with Crippen LogP contribution in [0.3, 0.4) is 0 Å². The van der Waals surface area contributed by atoms with E-state index in [2.05, 4.69) is 10.6 Å². The van der Waals surface area contributed by atoms with Crippen molar-refractivity contribution in [2.45, 2.75) is 19.3 Å². The largest absolute Gasteiger partial charge is 0.348 e. The van der Waals surface area contributed by atoms with Crippen molar-refractivity contribution < 1.29 is 9.59 Å². The third-order valence-electron chi connectivity index (χ3n) is 3.07. The molecule has 0 atom stereocenters. The second-order valence-corrected chi connectivity index (χ2v) is 4.55. The van der Waals surface area contributed by atoms with Gasteiger partial charge in [-0.05, 0) is 31.7 Å². The smallest absolute Gasteiger partial charge is 0.311 e. The Morgan fingerprint density at radius 3 is 2.81 bits per heavy atom. The average Bonchev–Trinajstić information content (AvgIpc) is 3.11. The monoisotopic (exact) mass is 225 g/mol. The van der Waals surface area contributed by atoms with Crippen LogP contribution in [0.25, 0.3) is 0 Å². The molecule has 2 rings (SSSR count). The Labute approximate surface area is 95.6 Å². The van der Waals surface area contributed by atoms with Gasteiger partial charge in [0.2, 0.25) is 0 Å². The van der Waals surface area contributed by atoms with E-state index in [1.54, 1.807) is 4.90 Å². The minimum Gasteiger partial charge on any atom is -0.348 e. The highest BCUT2D eigenvalue weighted by atomic mass is 16.2. The summed E-state index contributed by atoms with van der Waals surface area (Å²) in [7, 11) is 0. The number of rotatable bonds is 2. The van der Waals surface area contributed by atoms with E-state index >= 15 is 0 Å². The summed E-state index contributed by atoms with van der Waals surface area (Å²) in [5.41, 5.74) is 0. The molecule has 90 valence electrons. The lowest BCUT2D eigenvalue weighted by molar-refractivity contribution is -0.145. The summed E-state index contributed by atoms with van der Waals surface area (Å²) in [6.45, 7) is 3.68. The van der Waals surface area contributed by atoms with Gasteiger partial charge in [0.05, 0.1) is 0 Å². The Bertz CT molecular complexity index is 268. The molecule has 0 spiro atoms. The molecule has 1 saturated carbocycles. The first-order valence-corrected chi connectivity index (χ1v) is 6.05. The zero-order valence-electron chi connectivity index (χ0n) is 9.50. The number of nitrogens with zero attached hydrogens (tertiary/aromatic N) is 1. The fourth-order valence-corrected chi connectivity index (χ4v) is 1.83. The van der Waals surface area contributed by atoms with Crippen molar-refractivity contribution in [3.63, 3.8) is 0 Å². The third kappa shape index (κ3) is 3.20. The fraction of sp³-hybridized carbons (Fsp3) is 0.818. The molecule has 1 aliphatic heterocycles. The van der Waals surface area contributed by atoms with Gasteiger partial charge < -0.3 is 15.5 Å². The molecular weight excluding hydrogens is 206 g/mol. The van der Waals surface area contributed by atoms with E-state index in [4.69, 9.17) is 0 Å².